The Kier molecular flexibility index (Phi) is 10.5. The minimum absolute atomic E-state index is 0.295. The Morgan fingerprint density at radius 2 is 0.902 bits per heavy atom. The standard InChI is InChI=1S/C35H38O6/c1-26-32(37-22-27-12-6-3-7-13-27)33(38-23-28-14-8-4-9-15-28)34(39-24-29-16-10-5-11-17-29)35(41-26)40-25-30-18-20-31(36-2)21-19-30/h3-21,26,32-35H,22-25H2,1-2H3/t26-,32-,33+,34-,35-/m0/s1. The van der Waals surface area contributed by atoms with E-state index in [1.165, 1.54) is 0 Å². The molecule has 4 aromatic carbocycles. The van der Waals surface area contributed by atoms with E-state index < -0.39 is 18.5 Å². The predicted molar refractivity (Wildman–Crippen MR) is 157 cm³/mol. The lowest BCUT2D eigenvalue weighted by Crippen LogP contribution is -2.60. The Hall–Kier alpha value is -3.52. The molecule has 0 aliphatic carbocycles. The molecule has 214 valence electrons. The monoisotopic (exact) mass is 554 g/mol. The first-order chi connectivity index (χ1) is 20.2. The second-order valence-electron chi connectivity index (χ2n) is 10.2. The molecule has 5 atom stereocenters. The maximum atomic E-state index is 6.63. The Morgan fingerprint density at radius 3 is 1.39 bits per heavy atom. The second-order valence-corrected chi connectivity index (χ2v) is 10.2. The third kappa shape index (κ3) is 8.26. The van der Waals surface area contributed by atoms with Crippen molar-refractivity contribution >= 4 is 0 Å². The average Bonchev–Trinajstić information content (AvgIpc) is 3.03. The summed E-state index contributed by atoms with van der Waals surface area (Å²) in [6.45, 7) is 3.61. The molecule has 4 aromatic rings. The van der Waals surface area contributed by atoms with Gasteiger partial charge in [0.1, 0.15) is 24.1 Å². The molecule has 41 heavy (non-hydrogen) atoms. The van der Waals surface area contributed by atoms with Gasteiger partial charge >= 0.3 is 0 Å². The summed E-state index contributed by atoms with van der Waals surface area (Å²) in [5.74, 6) is 0.799. The molecule has 0 bridgehead atoms. The fraction of sp³-hybridized carbons (Fsp3) is 0.314. The van der Waals surface area contributed by atoms with Crippen molar-refractivity contribution in [1.82, 2.24) is 0 Å². The van der Waals surface area contributed by atoms with E-state index >= 15 is 0 Å². The largest absolute Gasteiger partial charge is 0.497 e. The van der Waals surface area contributed by atoms with Gasteiger partial charge in [-0.25, -0.2) is 0 Å². The van der Waals surface area contributed by atoms with Crippen LogP contribution in [0.2, 0.25) is 0 Å². The number of methoxy groups -OCH3 is 1. The SMILES string of the molecule is COc1ccc(CO[C@H]2O[C@@H](C)[C@H](OCc3ccccc3)[C@@H](OCc3ccccc3)[C@@H]2OCc2ccccc2)cc1. The van der Waals surface area contributed by atoms with Gasteiger partial charge in [-0.3, -0.25) is 0 Å². The molecule has 1 aliphatic heterocycles. The molecule has 6 nitrogen and oxygen atoms in total. The Morgan fingerprint density at radius 1 is 0.488 bits per heavy atom. The van der Waals surface area contributed by atoms with Crippen LogP contribution < -0.4 is 4.74 Å². The normalized spacial score (nSPS) is 22.3. The lowest BCUT2D eigenvalue weighted by Gasteiger charge is -2.45. The predicted octanol–water partition coefficient (Wildman–Crippen LogP) is 6.71. The molecular formula is C35H38O6. The Balaban J connectivity index is 1.38. The first-order valence-corrected chi connectivity index (χ1v) is 14.1. The lowest BCUT2D eigenvalue weighted by atomic mass is 9.98. The van der Waals surface area contributed by atoms with Crippen LogP contribution in [0.5, 0.6) is 5.75 Å². The molecule has 6 heteroatoms. The number of ether oxygens (including phenoxy) is 6. The van der Waals surface area contributed by atoms with Crippen molar-refractivity contribution < 1.29 is 28.4 Å². The van der Waals surface area contributed by atoms with Gasteiger partial charge in [-0.1, -0.05) is 103 Å². The van der Waals surface area contributed by atoms with Crippen LogP contribution in [0.15, 0.2) is 115 Å². The Labute approximate surface area is 242 Å². The summed E-state index contributed by atoms with van der Waals surface area (Å²) in [6, 6.07) is 38.2. The summed E-state index contributed by atoms with van der Waals surface area (Å²) in [7, 11) is 1.66. The van der Waals surface area contributed by atoms with E-state index in [-0.39, 0.29) is 12.2 Å². The number of hydrogen-bond donors (Lipinski definition) is 0. The van der Waals surface area contributed by atoms with Crippen molar-refractivity contribution in [3.05, 3.63) is 138 Å². The van der Waals surface area contributed by atoms with E-state index in [0.717, 1.165) is 28.0 Å². The van der Waals surface area contributed by atoms with Gasteiger partial charge < -0.3 is 28.4 Å². The van der Waals surface area contributed by atoms with Gasteiger partial charge in [0.2, 0.25) is 0 Å². The smallest absolute Gasteiger partial charge is 0.187 e. The fourth-order valence-electron chi connectivity index (χ4n) is 4.90. The van der Waals surface area contributed by atoms with Crippen LogP contribution in [-0.2, 0) is 50.1 Å². The maximum Gasteiger partial charge on any atom is 0.187 e. The van der Waals surface area contributed by atoms with Crippen molar-refractivity contribution in [2.45, 2.75) is 64.1 Å². The minimum atomic E-state index is -0.659. The van der Waals surface area contributed by atoms with Crippen LogP contribution in [0, 0.1) is 0 Å². The van der Waals surface area contributed by atoms with E-state index in [2.05, 4.69) is 24.3 Å². The van der Waals surface area contributed by atoms with Gasteiger partial charge in [0.05, 0.1) is 39.6 Å². The first kappa shape index (κ1) is 29.0. The van der Waals surface area contributed by atoms with Crippen LogP contribution in [0.1, 0.15) is 29.2 Å². The molecule has 0 aromatic heterocycles. The number of rotatable bonds is 13. The zero-order valence-electron chi connectivity index (χ0n) is 23.6. The molecule has 1 heterocycles. The second kappa shape index (κ2) is 14.9. The van der Waals surface area contributed by atoms with Gasteiger partial charge in [0, 0.05) is 0 Å². The van der Waals surface area contributed by atoms with Gasteiger partial charge in [0.25, 0.3) is 0 Å². The molecule has 0 spiro atoms. The molecule has 1 fully saturated rings. The van der Waals surface area contributed by atoms with Crippen LogP contribution >= 0.6 is 0 Å². The first-order valence-electron chi connectivity index (χ1n) is 14.1. The topological polar surface area (TPSA) is 55.4 Å². The summed E-state index contributed by atoms with van der Waals surface area (Å²) >= 11 is 0. The zero-order valence-corrected chi connectivity index (χ0v) is 23.6. The van der Waals surface area contributed by atoms with Crippen LogP contribution in [-0.4, -0.2) is 37.8 Å². The highest BCUT2D eigenvalue weighted by molar-refractivity contribution is 5.26. The molecule has 0 radical (unpaired) electrons. The molecule has 1 saturated heterocycles. The summed E-state index contributed by atoms with van der Waals surface area (Å²) in [4.78, 5) is 0. The third-order valence-corrected chi connectivity index (χ3v) is 7.16. The highest BCUT2D eigenvalue weighted by atomic mass is 16.7. The van der Waals surface area contributed by atoms with Crippen molar-refractivity contribution in [3.63, 3.8) is 0 Å². The van der Waals surface area contributed by atoms with Crippen molar-refractivity contribution in [1.29, 1.82) is 0 Å². The molecular weight excluding hydrogens is 516 g/mol. The van der Waals surface area contributed by atoms with E-state index in [4.69, 9.17) is 28.4 Å². The van der Waals surface area contributed by atoms with Gasteiger partial charge in [-0.05, 0) is 41.3 Å². The highest BCUT2D eigenvalue weighted by Crippen LogP contribution is 2.31. The summed E-state index contributed by atoms with van der Waals surface area (Å²) in [6.07, 6.45) is -2.30. The van der Waals surface area contributed by atoms with Crippen LogP contribution in [0.25, 0.3) is 0 Å². The lowest BCUT2D eigenvalue weighted by molar-refractivity contribution is -0.322. The molecule has 0 N–H and O–H groups in total. The van der Waals surface area contributed by atoms with E-state index in [0.29, 0.717) is 26.4 Å². The van der Waals surface area contributed by atoms with Crippen LogP contribution in [0.3, 0.4) is 0 Å². The average molecular weight is 555 g/mol. The van der Waals surface area contributed by atoms with Crippen molar-refractivity contribution in [2.75, 3.05) is 7.11 Å². The minimum Gasteiger partial charge on any atom is -0.497 e. The highest BCUT2D eigenvalue weighted by Gasteiger charge is 2.47. The van der Waals surface area contributed by atoms with Gasteiger partial charge in [-0.2, -0.15) is 0 Å². The van der Waals surface area contributed by atoms with Crippen molar-refractivity contribution in [3.8, 4) is 5.75 Å². The van der Waals surface area contributed by atoms with Crippen molar-refractivity contribution in [2.24, 2.45) is 0 Å². The van der Waals surface area contributed by atoms with Crippen LogP contribution in [0.4, 0.5) is 0 Å². The number of benzene rings is 4. The maximum absolute atomic E-state index is 6.63. The molecule has 0 saturated carbocycles. The number of hydrogen-bond acceptors (Lipinski definition) is 6. The molecule has 1 aliphatic rings. The quantitative estimate of drug-likeness (QED) is 0.183. The van der Waals surface area contributed by atoms with E-state index in [9.17, 15) is 0 Å². The Bertz CT molecular complexity index is 1280. The molecule has 0 unspecified atom stereocenters. The third-order valence-electron chi connectivity index (χ3n) is 7.16. The zero-order chi connectivity index (χ0) is 28.3. The summed E-state index contributed by atoms with van der Waals surface area (Å²) in [5.41, 5.74) is 4.23. The van der Waals surface area contributed by atoms with Gasteiger partial charge in [-0.15, -0.1) is 0 Å². The fourth-order valence-corrected chi connectivity index (χ4v) is 4.90. The molecule has 5 rings (SSSR count). The summed E-state index contributed by atoms with van der Waals surface area (Å²) in [5, 5.41) is 0. The van der Waals surface area contributed by atoms with E-state index in [1.807, 2.05) is 97.9 Å². The summed E-state index contributed by atoms with van der Waals surface area (Å²) < 4.78 is 37.8. The van der Waals surface area contributed by atoms with Gasteiger partial charge in [0.15, 0.2) is 6.29 Å². The van der Waals surface area contributed by atoms with E-state index in [1.54, 1.807) is 7.11 Å². The molecule has 0 amide bonds.